The standard InChI is InChI=1S/C22H24ClN3O3/c1-28-18-4-5-19-15(11-18)7-9-26(19)14-22(27)24-17-8-10-25(13-17)20-12-16(23)3-6-21(20)29-2/h3-7,9,11-12,17H,8,10,13-14H2,1-2H3,(H,24,27). The second-order valence-electron chi connectivity index (χ2n) is 7.18. The number of halogens is 1. The summed E-state index contributed by atoms with van der Waals surface area (Å²) in [4.78, 5) is 14.8. The fourth-order valence-electron chi connectivity index (χ4n) is 3.88. The summed E-state index contributed by atoms with van der Waals surface area (Å²) in [5.41, 5.74) is 1.97. The molecule has 3 aromatic rings. The maximum absolute atomic E-state index is 12.6. The molecule has 6 nitrogen and oxygen atoms in total. The van der Waals surface area contributed by atoms with Crippen molar-refractivity contribution in [3.63, 3.8) is 0 Å². The average Bonchev–Trinajstić information content (AvgIpc) is 3.34. The molecule has 0 spiro atoms. The predicted molar refractivity (Wildman–Crippen MR) is 115 cm³/mol. The SMILES string of the molecule is COc1ccc2c(ccn2CC(=O)NC2CCN(c3cc(Cl)ccc3OC)C2)c1. The minimum atomic E-state index is 0.00299. The number of hydrogen-bond donors (Lipinski definition) is 1. The number of fused-ring (bicyclic) bond motifs is 1. The molecule has 1 aromatic heterocycles. The second kappa shape index (κ2) is 8.25. The zero-order chi connectivity index (χ0) is 20.4. The number of rotatable bonds is 6. The first kappa shape index (κ1) is 19.5. The van der Waals surface area contributed by atoms with Crippen LogP contribution < -0.4 is 19.7 Å². The molecule has 0 bridgehead atoms. The Morgan fingerprint density at radius 2 is 2.03 bits per heavy atom. The van der Waals surface area contributed by atoms with E-state index in [4.69, 9.17) is 21.1 Å². The van der Waals surface area contributed by atoms with Gasteiger partial charge in [0.05, 0.1) is 19.9 Å². The van der Waals surface area contributed by atoms with Gasteiger partial charge in [-0.3, -0.25) is 4.79 Å². The lowest BCUT2D eigenvalue weighted by molar-refractivity contribution is -0.122. The van der Waals surface area contributed by atoms with Crippen molar-refractivity contribution in [3.8, 4) is 11.5 Å². The Labute approximate surface area is 175 Å². The number of aromatic nitrogens is 1. The molecular weight excluding hydrogens is 390 g/mol. The second-order valence-corrected chi connectivity index (χ2v) is 7.62. The Morgan fingerprint density at radius 3 is 2.83 bits per heavy atom. The zero-order valence-corrected chi connectivity index (χ0v) is 17.3. The quantitative estimate of drug-likeness (QED) is 0.669. The number of nitrogens with one attached hydrogen (secondary N) is 1. The molecule has 1 atom stereocenters. The number of ether oxygens (including phenoxy) is 2. The minimum Gasteiger partial charge on any atom is -0.497 e. The van der Waals surface area contributed by atoms with E-state index < -0.39 is 0 Å². The van der Waals surface area contributed by atoms with Crippen molar-refractivity contribution in [2.24, 2.45) is 0 Å². The van der Waals surface area contributed by atoms with Crippen molar-refractivity contribution in [1.82, 2.24) is 9.88 Å². The van der Waals surface area contributed by atoms with E-state index in [2.05, 4.69) is 10.2 Å². The number of carbonyl (C=O) groups excluding carboxylic acids is 1. The number of amides is 1. The van der Waals surface area contributed by atoms with Gasteiger partial charge in [-0.2, -0.15) is 0 Å². The largest absolute Gasteiger partial charge is 0.497 e. The monoisotopic (exact) mass is 413 g/mol. The molecule has 1 aliphatic heterocycles. The van der Waals surface area contributed by atoms with Crippen LogP contribution in [-0.2, 0) is 11.3 Å². The summed E-state index contributed by atoms with van der Waals surface area (Å²) >= 11 is 6.16. The van der Waals surface area contributed by atoms with Gasteiger partial charge >= 0.3 is 0 Å². The van der Waals surface area contributed by atoms with Crippen LogP contribution in [0.3, 0.4) is 0 Å². The normalized spacial score (nSPS) is 16.2. The highest BCUT2D eigenvalue weighted by atomic mass is 35.5. The first-order valence-corrected chi connectivity index (χ1v) is 9.96. The molecule has 1 N–H and O–H groups in total. The van der Waals surface area contributed by atoms with Gasteiger partial charge in [0.15, 0.2) is 0 Å². The van der Waals surface area contributed by atoms with Gasteiger partial charge in [-0.15, -0.1) is 0 Å². The van der Waals surface area contributed by atoms with Crippen molar-refractivity contribution in [2.75, 3.05) is 32.2 Å². The van der Waals surface area contributed by atoms with Gasteiger partial charge in [0.2, 0.25) is 5.91 Å². The molecule has 1 amide bonds. The molecule has 4 rings (SSSR count). The molecule has 2 heterocycles. The number of nitrogens with zero attached hydrogens (tertiary/aromatic N) is 2. The predicted octanol–water partition coefficient (Wildman–Crippen LogP) is 3.71. The smallest absolute Gasteiger partial charge is 0.240 e. The first-order valence-electron chi connectivity index (χ1n) is 9.58. The highest BCUT2D eigenvalue weighted by Crippen LogP contribution is 2.33. The zero-order valence-electron chi connectivity index (χ0n) is 16.5. The molecule has 0 saturated carbocycles. The van der Waals surface area contributed by atoms with Gasteiger partial charge in [-0.05, 0) is 48.9 Å². The van der Waals surface area contributed by atoms with Gasteiger partial charge in [0.1, 0.15) is 18.0 Å². The summed E-state index contributed by atoms with van der Waals surface area (Å²) in [6.45, 7) is 1.85. The van der Waals surface area contributed by atoms with Gasteiger partial charge in [0, 0.05) is 41.3 Å². The average molecular weight is 414 g/mol. The Kier molecular flexibility index (Phi) is 5.53. The van der Waals surface area contributed by atoms with E-state index in [1.807, 2.05) is 53.2 Å². The molecule has 1 fully saturated rings. The Balaban J connectivity index is 1.39. The van der Waals surface area contributed by atoms with Crippen LogP contribution in [0, 0.1) is 0 Å². The fraction of sp³-hybridized carbons (Fsp3) is 0.318. The van der Waals surface area contributed by atoms with Crippen LogP contribution in [0.15, 0.2) is 48.7 Å². The lowest BCUT2D eigenvalue weighted by atomic mass is 10.2. The summed E-state index contributed by atoms with van der Waals surface area (Å²) in [5, 5.41) is 4.88. The number of benzene rings is 2. The van der Waals surface area contributed by atoms with Gasteiger partial charge in [-0.1, -0.05) is 11.6 Å². The molecule has 0 aliphatic carbocycles. The van der Waals surface area contributed by atoms with E-state index in [9.17, 15) is 4.79 Å². The van der Waals surface area contributed by atoms with Crippen LogP contribution in [0.1, 0.15) is 6.42 Å². The van der Waals surface area contributed by atoms with Crippen LogP contribution >= 0.6 is 11.6 Å². The summed E-state index contributed by atoms with van der Waals surface area (Å²) < 4.78 is 12.7. The van der Waals surface area contributed by atoms with E-state index in [-0.39, 0.29) is 18.5 Å². The highest BCUT2D eigenvalue weighted by Gasteiger charge is 2.26. The molecule has 2 aromatic carbocycles. The van der Waals surface area contributed by atoms with Crippen LogP contribution in [0.4, 0.5) is 5.69 Å². The van der Waals surface area contributed by atoms with Crippen molar-refractivity contribution in [1.29, 1.82) is 0 Å². The maximum Gasteiger partial charge on any atom is 0.240 e. The van der Waals surface area contributed by atoms with Crippen molar-refractivity contribution in [2.45, 2.75) is 19.0 Å². The molecule has 29 heavy (non-hydrogen) atoms. The minimum absolute atomic E-state index is 0.00299. The lowest BCUT2D eigenvalue weighted by Crippen LogP contribution is -2.38. The first-order chi connectivity index (χ1) is 14.1. The molecule has 1 saturated heterocycles. The van der Waals surface area contributed by atoms with E-state index in [0.29, 0.717) is 5.02 Å². The van der Waals surface area contributed by atoms with Crippen LogP contribution in [-0.4, -0.2) is 43.8 Å². The number of methoxy groups -OCH3 is 2. The lowest BCUT2D eigenvalue weighted by Gasteiger charge is -2.22. The molecule has 152 valence electrons. The van der Waals surface area contributed by atoms with E-state index >= 15 is 0 Å². The molecule has 1 aliphatic rings. The van der Waals surface area contributed by atoms with Crippen LogP contribution in [0.5, 0.6) is 11.5 Å². The van der Waals surface area contributed by atoms with E-state index in [1.165, 1.54) is 0 Å². The highest BCUT2D eigenvalue weighted by molar-refractivity contribution is 6.30. The topological polar surface area (TPSA) is 55.7 Å². The van der Waals surface area contributed by atoms with Crippen molar-refractivity contribution < 1.29 is 14.3 Å². The fourth-order valence-corrected chi connectivity index (χ4v) is 4.04. The maximum atomic E-state index is 12.6. The summed E-state index contributed by atoms with van der Waals surface area (Å²) in [6, 6.07) is 13.5. The number of carbonyl (C=O) groups is 1. The number of anilines is 1. The van der Waals surface area contributed by atoms with E-state index in [0.717, 1.165) is 47.6 Å². The van der Waals surface area contributed by atoms with E-state index in [1.54, 1.807) is 14.2 Å². The molecule has 1 unspecified atom stereocenters. The van der Waals surface area contributed by atoms with Crippen LogP contribution in [0.2, 0.25) is 5.02 Å². The van der Waals surface area contributed by atoms with Gasteiger partial charge in [-0.25, -0.2) is 0 Å². The molecular formula is C22H24ClN3O3. The third kappa shape index (κ3) is 4.12. The summed E-state index contributed by atoms with van der Waals surface area (Å²) in [6.07, 6.45) is 2.81. The number of hydrogen-bond acceptors (Lipinski definition) is 4. The van der Waals surface area contributed by atoms with Gasteiger partial charge < -0.3 is 24.3 Å². The summed E-state index contributed by atoms with van der Waals surface area (Å²) in [7, 11) is 3.30. The van der Waals surface area contributed by atoms with Gasteiger partial charge in [0.25, 0.3) is 0 Å². The molecule has 0 radical (unpaired) electrons. The Morgan fingerprint density at radius 1 is 1.17 bits per heavy atom. The third-order valence-corrected chi connectivity index (χ3v) is 5.56. The molecule has 7 heteroatoms. The summed E-state index contributed by atoms with van der Waals surface area (Å²) in [5.74, 6) is 1.60. The Bertz CT molecular complexity index is 1030. The van der Waals surface area contributed by atoms with Crippen molar-refractivity contribution in [3.05, 3.63) is 53.7 Å². The van der Waals surface area contributed by atoms with Crippen LogP contribution in [0.25, 0.3) is 10.9 Å². The Hall–Kier alpha value is -2.86. The van der Waals surface area contributed by atoms with Crippen molar-refractivity contribution >= 4 is 34.1 Å². The third-order valence-electron chi connectivity index (χ3n) is 5.33.